The van der Waals surface area contributed by atoms with Crippen molar-refractivity contribution in [1.29, 1.82) is 0 Å². The van der Waals surface area contributed by atoms with Crippen LogP contribution in [0.2, 0.25) is 5.02 Å². The van der Waals surface area contributed by atoms with E-state index in [1.54, 1.807) is 6.07 Å². The first kappa shape index (κ1) is 20.9. The second-order valence-electron chi connectivity index (χ2n) is 7.73. The summed E-state index contributed by atoms with van der Waals surface area (Å²) in [4.78, 5) is 17.8. The number of anilines is 2. The minimum absolute atomic E-state index is 0.112. The van der Waals surface area contributed by atoms with Crippen molar-refractivity contribution in [3.8, 4) is 17.1 Å². The first-order valence-corrected chi connectivity index (χ1v) is 11.7. The molecular formula is C24H15ClFN5O2S. The normalized spacial score (nSPS) is 17.6. The van der Waals surface area contributed by atoms with Gasteiger partial charge in [0.1, 0.15) is 5.82 Å². The third-order valence-corrected chi connectivity index (χ3v) is 6.88. The fraction of sp³-hybridized carbons (Fsp3) is 0.0833. The number of amides is 1. The minimum Gasteiger partial charge on any atom is -0.435 e. The molecule has 6 rings (SSSR count). The molecule has 0 unspecified atom stereocenters. The molecule has 0 bridgehead atoms. The Bertz CT molecular complexity index is 1470. The molecule has 0 saturated heterocycles. The lowest BCUT2D eigenvalue weighted by Gasteiger charge is -2.28. The average molecular weight is 492 g/mol. The molecular weight excluding hydrogens is 477 g/mol. The van der Waals surface area contributed by atoms with Crippen molar-refractivity contribution in [1.82, 2.24) is 15.2 Å². The number of carbonyl (C=O) groups excluding carboxylic acids is 1. The number of hydrogen-bond acceptors (Lipinski definition) is 7. The molecule has 3 aromatic carbocycles. The van der Waals surface area contributed by atoms with Crippen LogP contribution in [-0.4, -0.2) is 21.1 Å². The van der Waals surface area contributed by atoms with Gasteiger partial charge in [0.25, 0.3) is 11.6 Å². The third kappa shape index (κ3) is 3.36. The van der Waals surface area contributed by atoms with Gasteiger partial charge in [-0.15, -0.1) is 10.2 Å². The van der Waals surface area contributed by atoms with Crippen molar-refractivity contribution in [2.24, 2.45) is 0 Å². The lowest BCUT2D eigenvalue weighted by molar-refractivity contribution is -0.128. The highest BCUT2D eigenvalue weighted by molar-refractivity contribution is 7.98. The lowest BCUT2D eigenvalue weighted by Crippen LogP contribution is -2.47. The predicted octanol–water partition coefficient (Wildman–Crippen LogP) is 5.23. The first-order chi connectivity index (χ1) is 16.5. The summed E-state index contributed by atoms with van der Waals surface area (Å²) in [6, 6.07) is 18.8. The number of hydrogen-bond donors (Lipinski definition) is 2. The van der Waals surface area contributed by atoms with E-state index in [2.05, 4.69) is 25.8 Å². The fourth-order valence-electron chi connectivity index (χ4n) is 3.99. The summed E-state index contributed by atoms with van der Waals surface area (Å²) in [5.41, 5.74) is 1.60. The van der Waals surface area contributed by atoms with E-state index >= 15 is 0 Å². The minimum atomic E-state index is -1.72. The SMILES string of the molecule is O=C1Nc2ccc(F)cc2[C@]12Nc1ccccc1-c1nnc(SCc3ccccc3Cl)nc1O2. The van der Waals surface area contributed by atoms with Gasteiger partial charge in [-0.2, -0.15) is 4.98 Å². The van der Waals surface area contributed by atoms with Crippen LogP contribution in [0.4, 0.5) is 15.8 Å². The molecule has 2 aliphatic rings. The topological polar surface area (TPSA) is 89.0 Å². The molecule has 0 saturated carbocycles. The summed E-state index contributed by atoms with van der Waals surface area (Å²) in [5.74, 6) is -0.343. The van der Waals surface area contributed by atoms with Gasteiger partial charge >= 0.3 is 0 Å². The molecule has 34 heavy (non-hydrogen) atoms. The standard InChI is InChI=1S/C24H15ClFN5O2S/c25-17-7-3-1-5-13(17)12-34-23-28-21-20(30-31-23)15-6-2-4-8-18(15)29-24(33-21)16-11-14(26)9-10-19(16)27-22(24)32/h1-11,29H,12H2,(H,27,32)/t24-/m1/s1. The summed E-state index contributed by atoms with van der Waals surface area (Å²) in [6.45, 7) is 0. The first-order valence-electron chi connectivity index (χ1n) is 10.3. The summed E-state index contributed by atoms with van der Waals surface area (Å²) in [7, 11) is 0. The Morgan fingerprint density at radius 3 is 2.74 bits per heavy atom. The Morgan fingerprint density at radius 1 is 1.03 bits per heavy atom. The quantitative estimate of drug-likeness (QED) is 0.379. The van der Waals surface area contributed by atoms with Crippen molar-refractivity contribution in [2.75, 3.05) is 10.6 Å². The highest BCUT2D eigenvalue weighted by Crippen LogP contribution is 2.46. The summed E-state index contributed by atoms with van der Waals surface area (Å²) >= 11 is 7.60. The van der Waals surface area contributed by atoms with Crippen LogP contribution in [0.1, 0.15) is 11.1 Å². The Hall–Kier alpha value is -3.69. The number of benzene rings is 3. The zero-order valence-electron chi connectivity index (χ0n) is 17.4. The van der Waals surface area contributed by atoms with Crippen LogP contribution in [0.3, 0.4) is 0 Å². The molecule has 2 N–H and O–H groups in total. The molecule has 0 fully saturated rings. The highest BCUT2D eigenvalue weighted by atomic mass is 35.5. The number of nitrogens with zero attached hydrogens (tertiary/aromatic N) is 3. The van der Waals surface area contributed by atoms with Gasteiger partial charge in [0.15, 0.2) is 5.69 Å². The molecule has 4 aromatic rings. The molecule has 168 valence electrons. The van der Waals surface area contributed by atoms with Crippen molar-refractivity contribution < 1.29 is 13.9 Å². The number of halogens is 2. The second kappa shape index (κ2) is 7.96. The van der Waals surface area contributed by atoms with E-state index < -0.39 is 17.4 Å². The molecule has 1 amide bonds. The fourth-order valence-corrected chi connectivity index (χ4v) is 5.05. The van der Waals surface area contributed by atoms with Crippen molar-refractivity contribution in [2.45, 2.75) is 16.6 Å². The van der Waals surface area contributed by atoms with Crippen LogP contribution in [0.5, 0.6) is 5.88 Å². The lowest BCUT2D eigenvalue weighted by atomic mass is 10.0. The van der Waals surface area contributed by atoms with Crippen LogP contribution >= 0.6 is 23.4 Å². The zero-order valence-corrected chi connectivity index (χ0v) is 19.0. The van der Waals surface area contributed by atoms with Crippen LogP contribution in [-0.2, 0) is 16.3 Å². The summed E-state index contributed by atoms with van der Waals surface area (Å²) < 4.78 is 20.5. The number of rotatable bonds is 3. The van der Waals surface area contributed by atoms with E-state index in [0.29, 0.717) is 44.1 Å². The molecule has 2 aliphatic heterocycles. The van der Waals surface area contributed by atoms with Gasteiger partial charge < -0.3 is 15.4 Å². The summed E-state index contributed by atoms with van der Waals surface area (Å²) in [6.07, 6.45) is 0. The van der Waals surface area contributed by atoms with E-state index in [9.17, 15) is 9.18 Å². The smallest absolute Gasteiger partial charge is 0.295 e. The maximum atomic E-state index is 14.2. The number of ether oxygens (including phenoxy) is 1. The summed E-state index contributed by atoms with van der Waals surface area (Å²) in [5, 5.41) is 15.6. The zero-order chi connectivity index (χ0) is 23.3. The Morgan fingerprint density at radius 2 is 1.85 bits per heavy atom. The Labute approximate surface area is 202 Å². The predicted molar refractivity (Wildman–Crippen MR) is 127 cm³/mol. The van der Waals surface area contributed by atoms with Crippen LogP contribution in [0.25, 0.3) is 11.3 Å². The van der Waals surface area contributed by atoms with Gasteiger partial charge in [0.2, 0.25) is 11.0 Å². The van der Waals surface area contributed by atoms with Crippen LogP contribution in [0, 0.1) is 5.82 Å². The van der Waals surface area contributed by atoms with Gasteiger partial charge in [0.05, 0.1) is 11.3 Å². The average Bonchev–Trinajstić information content (AvgIpc) is 3.00. The third-order valence-electron chi connectivity index (χ3n) is 5.62. The number of thioether (sulfide) groups is 1. The Kier molecular flexibility index (Phi) is 4.89. The van der Waals surface area contributed by atoms with Gasteiger partial charge in [-0.3, -0.25) is 4.79 Å². The van der Waals surface area contributed by atoms with Crippen LogP contribution in [0.15, 0.2) is 71.9 Å². The number of para-hydroxylation sites is 1. The van der Waals surface area contributed by atoms with E-state index in [1.165, 1.54) is 30.0 Å². The molecule has 0 aliphatic carbocycles. The van der Waals surface area contributed by atoms with Crippen molar-refractivity contribution in [3.05, 3.63) is 88.7 Å². The van der Waals surface area contributed by atoms with Crippen LogP contribution < -0.4 is 15.4 Å². The monoisotopic (exact) mass is 491 g/mol. The number of aromatic nitrogens is 3. The van der Waals surface area contributed by atoms with Crippen molar-refractivity contribution >= 4 is 40.6 Å². The Balaban J connectivity index is 1.45. The molecule has 10 heteroatoms. The van der Waals surface area contributed by atoms with Gasteiger partial charge in [0, 0.05) is 22.0 Å². The molecule has 1 atom stereocenters. The van der Waals surface area contributed by atoms with E-state index in [4.69, 9.17) is 16.3 Å². The molecule has 7 nitrogen and oxygen atoms in total. The molecule has 0 radical (unpaired) electrons. The number of carbonyl (C=O) groups is 1. The van der Waals surface area contributed by atoms with E-state index in [-0.39, 0.29) is 5.88 Å². The highest BCUT2D eigenvalue weighted by Gasteiger charge is 2.52. The number of fused-ring (bicyclic) bond motifs is 5. The maximum absolute atomic E-state index is 14.2. The number of nitrogens with one attached hydrogen (secondary N) is 2. The van der Waals surface area contributed by atoms with E-state index in [1.807, 2.05) is 42.5 Å². The van der Waals surface area contributed by atoms with Gasteiger partial charge in [-0.05, 0) is 35.9 Å². The second-order valence-corrected chi connectivity index (χ2v) is 9.08. The molecule has 3 heterocycles. The molecule has 1 aromatic heterocycles. The van der Waals surface area contributed by atoms with Crippen molar-refractivity contribution in [3.63, 3.8) is 0 Å². The largest absolute Gasteiger partial charge is 0.435 e. The molecule has 1 spiro atoms. The van der Waals surface area contributed by atoms with E-state index in [0.717, 1.165) is 5.56 Å². The van der Waals surface area contributed by atoms with Gasteiger partial charge in [-0.1, -0.05) is 59.8 Å². The van der Waals surface area contributed by atoms with Gasteiger partial charge in [-0.25, -0.2) is 4.39 Å². The maximum Gasteiger partial charge on any atom is 0.295 e.